The Labute approximate surface area is 151 Å². The summed E-state index contributed by atoms with van der Waals surface area (Å²) in [6.45, 7) is 5.03. The number of nitrogens with zero attached hydrogens (tertiary/aromatic N) is 3. The number of imidazole rings is 1. The monoisotopic (exact) mass is 385 g/mol. The van der Waals surface area contributed by atoms with Gasteiger partial charge in [0, 0.05) is 26.2 Å². The van der Waals surface area contributed by atoms with Gasteiger partial charge in [-0.15, -0.1) is 0 Å². The number of hydrogen-bond donors (Lipinski definition) is 0. The van der Waals surface area contributed by atoms with E-state index in [0.717, 1.165) is 18.7 Å². The number of fused-ring (bicyclic) bond motifs is 1. The minimum atomic E-state index is -3.81. The molecule has 3 rings (SSSR count). The van der Waals surface area contributed by atoms with E-state index < -0.39 is 7.82 Å². The van der Waals surface area contributed by atoms with E-state index in [-0.39, 0.29) is 30.6 Å². The maximum absolute atomic E-state index is 12.7. The van der Waals surface area contributed by atoms with Gasteiger partial charge in [-0.1, -0.05) is 0 Å². The van der Waals surface area contributed by atoms with Crippen molar-refractivity contribution in [3.8, 4) is 5.88 Å². The number of hydrogen-bond acceptors (Lipinski definition) is 7. The van der Waals surface area contributed by atoms with E-state index in [1.807, 2.05) is 0 Å². The average molecular weight is 385 g/mol. The maximum Gasteiger partial charge on any atom is 0.531 e. The standard InChI is InChI=1S/C16H24N3O6P/c1-4-23-26(21,24-5-2)25-14-11-19-13(16(20)18(14)3)10-17-15(19)12-6-8-22-9-7-12/h10-12H,4-9H2,1-3H3. The normalized spacial score (nSPS) is 16.3. The largest absolute Gasteiger partial charge is 0.531 e. The molecule has 0 saturated carbocycles. The van der Waals surface area contributed by atoms with Crippen molar-refractivity contribution in [2.75, 3.05) is 26.4 Å². The molecular formula is C16H24N3O6P. The first kappa shape index (κ1) is 19.1. The molecule has 26 heavy (non-hydrogen) atoms. The van der Waals surface area contributed by atoms with Crippen LogP contribution in [0.1, 0.15) is 38.4 Å². The third kappa shape index (κ3) is 3.71. The molecule has 1 aliphatic rings. The Morgan fingerprint density at radius 2 is 1.92 bits per heavy atom. The maximum atomic E-state index is 12.7. The average Bonchev–Trinajstić information content (AvgIpc) is 3.04. The van der Waals surface area contributed by atoms with Crippen LogP contribution >= 0.6 is 7.82 Å². The van der Waals surface area contributed by atoms with Gasteiger partial charge in [-0.25, -0.2) is 9.55 Å². The van der Waals surface area contributed by atoms with Crippen LogP contribution in [0.4, 0.5) is 0 Å². The van der Waals surface area contributed by atoms with Gasteiger partial charge >= 0.3 is 7.82 Å². The zero-order chi connectivity index (χ0) is 18.7. The third-order valence-corrected chi connectivity index (χ3v) is 5.85. The Hall–Kier alpha value is -1.67. The summed E-state index contributed by atoms with van der Waals surface area (Å²) in [6.07, 6.45) is 4.84. The number of ether oxygens (including phenoxy) is 1. The molecule has 3 heterocycles. The molecule has 0 aliphatic carbocycles. The first-order chi connectivity index (χ1) is 12.5. The molecule has 0 aromatic carbocycles. The van der Waals surface area contributed by atoms with Crippen LogP contribution in [0.5, 0.6) is 5.88 Å². The van der Waals surface area contributed by atoms with E-state index >= 15 is 0 Å². The predicted molar refractivity (Wildman–Crippen MR) is 94.7 cm³/mol. The van der Waals surface area contributed by atoms with Gasteiger partial charge in [0.05, 0.1) is 25.6 Å². The molecule has 2 aromatic rings. The Balaban J connectivity index is 2.04. The second-order valence-corrected chi connectivity index (χ2v) is 7.56. The fourth-order valence-corrected chi connectivity index (χ4v) is 4.21. The predicted octanol–water partition coefficient (Wildman–Crippen LogP) is 2.49. The van der Waals surface area contributed by atoms with E-state index in [1.165, 1.54) is 4.57 Å². The van der Waals surface area contributed by atoms with E-state index in [2.05, 4.69) is 4.98 Å². The SMILES string of the molecule is CCOP(=O)(OCC)Oc1cn2c(C3CCOCC3)ncc2c(=O)n1C. The highest BCUT2D eigenvalue weighted by atomic mass is 31.2. The van der Waals surface area contributed by atoms with Crippen molar-refractivity contribution in [3.05, 3.63) is 28.6 Å². The van der Waals surface area contributed by atoms with Gasteiger partial charge in [-0.05, 0) is 26.7 Å². The first-order valence-electron chi connectivity index (χ1n) is 8.72. The molecule has 10 heteroatoms. The van der Waals surface area contributed by atoms with Gasteiger partial charge in [0.25, 0.3) is 5.56 Å². The number of aromatic nitrogens is 3. The van der Waals surface area contributed by atoms with Gasteiger partial charge < -0.3 is 9.26 Å². The second-order valence-electron chi connectivity index (χ2n) is 5.96. The summed E-state index contributed by atoms with van der Waals surface area (Å²) < 4.78 is 36.9. The lowest BCUT2D eigenvalue weighted by atomic mass is 10.00. The Morgan fingerprint density at radius 3 is 2.54 bits per heavy atom. The quantitative estimate of drug-likeness (QED) is 0.676. The van der Waals surface area contributed by atoms with Crippen LogP contribution in [0, 0.1) is 0 Å². The van der Waals surface area contributed by atoms with Gasteiger partial charge in [-0.2, -0.15) is 0 Å². The highest BCUT2D eigenvalue weighted by Crippen LogP contribution is 2.49. The molecule has 0 unspecified atom stereocenters. The number of rotatable bonds is 7. The van der Waals surface area contributed by atoms with Crippen LogP contribution in [0.25, 0.3) is 5.52 Å². The minimum Gasteiger partial charge on any atom is -0.386 e. The molecule has 144 valence electrons. The zero-order valence-corrected chi connectivity index (χ0v) is 16.1. The summed E-state index contributed by atoms with van der Waals surface area (Å²) in [6, 6.07) is 0. The topological polar surface area (TPSA) is 93.3 Å². The summed E-state index contributed by atoms with van der Waals surface area (Å²) in [5, 5.41) is 0. The van der Waals surface area contributed by atoms with E-state index in [9.17, 15) is 9.36 Å². The molecule has 0 N–H and O–H groups in total. The first-order valence-corrected chi connectivity index (χ1v) is 10.2. The molecule has 0 amide bonds. The van der Waals surface area contributed by atoms with Crippen molar-refractivity contribution in [1.82, 2.24) is 14.0 Å². The summed E-state index contributed by atoms with van der Waals surface area (Å²) in [7, 11) is -2.27. The molecule has 1 saturated heterocycles. The lowest BCUT2D eigenvalue weighted by Gasteiger charge is -2.22. The number of phosphoric ester groups is 1. The van der Waals surface area contributed by atoms with Gasteiger partial charge in [0.15, 0.2) is 0 Å². The molecule has 0 atom stereocenters. The van der Waals surface area contributed by atoms with Crippen LogP contribution < -0.4 is 10.1 Å². The molecule has 9 nitrogen and oxygen atoms in total. The third-order valence-electron chi connectivity index (χ3n) is 4.29. The van der Waals surface area contributed by atoms with Crippen LogP contribution in [-0.4, -0.2) is 40.4 Å². The van der Waals surface area contributed by atoms with Crippen LogP contribution in [0.3, 0.4) is 0 Å². The summed E-state index contributed by atoms with van der Waals surface area (Å²) >= 11 is 0. The molecule has 0 spiro atoms. The van der Waals surface area contributed by atoms with Crippen molar-refractivity contribution < 1.29 is 22.9 Å². The molecule has 1 fully saturated rings. The van der Waals surface area contributed by atoms with E-state index in [0.29, 0.717) is 18.7 Å². The second kappa shape index (κ2) is 7.92. The van der Waals surface area contributed by atoms with Crippen LogP contribution in [0.15, 0.2) is 17.2 Å². The Kier molecular flexibility index (Phi) is 5.82. The molecule has 0 bridgehead atoms. The Bertz CT molecular complexity index is 861. The molecule has 2 aromatic heterocycles. The van der Waals surface area contributed by atoms with Crippen LogP contribution in [-0.2, 0) is 25.4 Å². The van der Waals surface area contributed by atoms with Crippen molar-refractivity contribution in [3.63, 3.8) is 0 Å². The fraction of sp³-hybridized carbons (Fsp3) is 0.625. The summed E-state index contributed by atoms with van der Waals surface area (Å²) in [5.74, 6) is 1.06. The summed E-state index contributed by atoms with van der Waals surface area (Å²) in [5.41, 5.74) is 0.136. The van der Waals surface area contributed by atoms with Gasteiger partial charge in [0.2, 0.25) is 5.88 Å². The van der Waals surface area contributed by atoms with Crippen molar-refractivity contribution in [1.29, 1.82) is 0 Å². The van der Waals surface area contributed by atoms with Gasteiger partial charge in [-0.3, -0.25) is 22.8 Å². The highest BCUT2D eigenvalue weighted by Gasteiger charge is 2.30. The molecule has 1 aliphatic heterocycles. The fourth-order valence-electron chi connectivity index (χ4n) is 3.00. The van der Waals surface area contributed by atoms with Crippen LogP contribution in [0.2, 0.25) is 0 Å². The van der Waals surface area contributed by atoms with Crippen molar-refractivity contribution in [2.45, 2.75) is 32.6 Å². The zero-order valence-electron chi connectivity index (χ0n) is 15.2. The highest BCUT2D eigenvalue weighted by molar-refractivity contribution is 7.48. The van der Waals surface area contributed by atoms with Gasteiger partial charge in [0.1, 0.15) is 11.3 Å². The van der Waals surface area contributed by atoms with Crippen molar-refractivity contribution >= 4 is 13.3 Å². The van der Waals surface area contributed by atoms with Crippen molar-refractivity contribution in [2.24, 2.45) is 7.05 Å². The molecular weight excluding hydrogens is 361 g/mol. The van der Waals surface area contributed by atoms with E-state index in [1.54, 1.807) is 37.7 Å². The lowest BCUT2D eigenvalue weighted by Crippen LogP contribution is -2.22. The summed E-state index contributed by atoms with van der Waals surface area (Å²) in [4.78, 5) is 17.1. The smallest absolute Gasteiger partial charge is 0.386 e. The lowest BCUT2D eigenvalue weighted by molar-refractivity contribution is 0.0835. The van der Waals surface area contributed by atoms with E-state index in [4.69, 9.17) is 18.3 Å². The Morgan fingerprint density at radius 1 is 1.27 bits per heavy atom. The number of phosphoric acid groups is 1. The minimum absolute atomic E-state index is 0.0963. The molecule has 0 radical (unpaired) electrons.